The molecule has 0 atom stereocenters. The zero-order chi connectivity index (χ0) is 15.0. The monoisotopic (exact) mass is 292 g/mol. The number of hydrogen-bond donors (Lipinski definition) is 1. The van der Waals surface area contributed by atoms with Crippen LogP contribution < -0.4 is 5.63 Å². The number of benzene rings is 1. The van der Waals surface area contributed by atoms with Crippen molar-refractivity contribution in [2.45, 2.75) is 20.3 Å². The van der Waals surface area contributed by atoms with Crippen LogP contribution in [0.5, 0.6) is 5.75 Å². The summed E-state index contributed by atoms with van der Waals surface area (Å²) in [6.07, 6.45) is 0.224. The van der Waals surface area contributed by atoms with Gasteiger partial charge in [0.15, 0.2) is 11.4 Å². The lowest BCUT2D eigenvalue weighted by atomic mass is 9.98. The molecule has 0 radical (unpaired) electrons. The second kappa shape index (κ2) is 5.13. The van der Waals surface area contributed by atoms with Crippen molar-refractivity contribution in [1.82, 2.24) is 0 Å². The first-order valence-corrected chi connectivity index (χ1v) is 6.32. The zero-order valence-corrected chi connectivity index (χ0v) is 11.9. The number of rotatable bonds is 3. The molecule has 1 heterocycles. The molecule has 0 unspecified atom stereocenters. The Kier molecular flexibility index (Phi) is 3.68. The highest BCUT2D eigenvalue weighted by Gasteiger charge is 2.20. The van der Waals surface area contributed by atoms with Crippen molar-refractivity contribution in [3.63, 3.8) is 0 Å². The largest absolute Gasteiger partial charge is 0.507 e. The van der Waals surface area contributed by atoms with E-state index in [0.29, 0.717) is 21.5 Å². The molecule has 2 aromatic rings. The average Bonchev–Trinajstić information content (AvgIpc) is 2.29. The Hall–Kier alpha value is -2.07. The van der Waals surface area contributed by atoms with Gasteiger partial charge in [0.1, 0.15) is 11.3 Å². The molecule has 0 saturated heterocycles. The van der Waals surface area contributed by atoms with E-state index in [2.05, 4.69) is 6.58 Å². The fourth-order valence-corrected chi connectivity index (χ4v) is 2.31. The van der Waals surface area contributed by atoms with E-state index in [-0.39, 0.29) is 29.1 Å². The third-order valence-electron chi connectivity index (χ3n) is 3.03. The van der Waals surface area contributed by atoms with E-state index < -0.39 is 5.63 Å². The molecule has 0 spiro atoms. The minimum absolute atomic E-state index is 0.00350. The first-order chi connectivity index (χ1) is 9.31. The van der Waals surface area contributed by atoms with E-state index in [1.807, 2.05) is 0 Å². The second-order valence-corrected chi connectivity index (χ2v) is 5.17. The van der Waals surface area contributed by atoms with Crippen LogP contribution in [-0.4, -0.2) is 10.9 Å². The van der Waals surface area contributed by atoms with Crippen molar-refractivity contribution in [3.8, 4) is 5.75 Å². The molecule has 104 valence electrons. The minimum Gasteiger partial charge on any atom is -0.507 e. The normalized spacial score (nSPS) is 10.8. The van der Waals surface area contributed by atoms with Crippen LogP contribution in [0.1, 0.15) is 28.4 Å². The number of ketones is 1. The summed E-state index contributed by atoms with van der Waals surface area (Å²) in [6, 6.07) is 2.99. The van der Waals surface area contributed by atoms with Gasteiger partial charge in [-0.2, -0.15) is 0 Å². The van der Waals surface area contributed by atoms with Gasteiger partial charge >= 0.3 is 5.63 Å². The molecule has 0 aliphatic carbocycles. The quantitative estimate of drug-likeness (QED) is 0.696. The van der Waals surface area contributed by atoms with Crippen molar-refractivity contribution >= 4 is 28.4 Å². The standard InChI is InChI=1S/C15H13ClO4/c1-7-4-12(18)20-15-11(7)6-10(5-8(2)16)14(19)13(15)9(3)17/h4,6,19H,2,5H2,1,3H3. The highest BCUT2D eigenvalue weighted by atomic mass is 35.5. The molecular formula is C15H13ClO4. The molecule has 0 aliphatic rings. The maximum absolute atomic E-state index is 11.8. The molecule has 0 fully saturated rings. The van der Waals surface area contributed by atoms with Gasteiger partial charge in [-0.15, -0.1) is 0 Å². The van der Waals surface area contributed by atoms with Gasteiger partial charge in [0.25, 0.3) is 0 Å². The summed E-state index contributed by atoms with van der Waals surface area (Å²) in [7, 11) is 0. The summed E-state index contributed by atoms with van der Waals surface area (Å²) >= 11 is 5.77. The zero-order valence-electron chi connectivity index (χ0n) is 11.1. The number of carbonyl (C=O) groups is 1. The van der Waals surface area contributed by atoms with Gasteiger partial charge < -0.3 is 9.52 Å². The van der Waals surface area contributed by atoms with Gasteiger partial charge in [-0.3, -0.25) is 4.79 Å². The van der Waals surface area contributed by atoms with Gasteiger partial charge in [-0.05, 0) is 25.5 Å². The Morgan fingerprint density at radius 2 is 2.10 bits per heavy atom. The summed E-state index contributed by atoms with van der Waals surface area (Å²) < 4.78 is 5.08. The first kappa shape index (κ1) is 14.3. The van der Waals surface area contributed by atoms with Crippen molar-refractivity contribution < 1.29 is 14.3 Å². The van der Waals surface area contributed by atoms with Crippen molar-refractivity contribution in [2.24, 2.45) is 0 Å². The van der Waals surface area contributed by atoms with Crippen LogP contribution in [0, 0.1) is 6.92 Å². The van der Waals surface area contributed by atoms with Crippen LogP contribution in [-0.2, 0) is 6.42 Å². The number of hydrogen-bond acceptors (Lipinski definition) is 4. The number of Topliss-reactive ketones (excluding diaryl/α,β-unsaturated/α-hetero) is 1. The number of phenolic OH excluding ortho intramolecular Hbond substituents is 1. The van der Waals surface area contributed by atoms with E-state index in [1.165, 1.54) is 13.0 Å². The van der Waals surface area contributed by atoms with E-state index >= 15 is 0 Å². The van der Waals surface area contributed by atoms with E-state index in [9.17, 15) is 14.7 Å². The van der Waals surface area contributed by atoms with E-state index in [1.54, 1.807) is 13.0 Å². The second-order valence-electron chi connectivity index (χ2n) is 4.63. The predicted molar refractivity (Wildman–Crippen MR) is 77.6 cm³/mol. The molecule has 4 nitrogen and oxygen atoms in total. The summed E-state index contributed by atoms with van der Waals surface area (Å²) in [5, 5.41) is 11.1. The number of aromatic hydroxyl groups is 1. The van der Waals surface area contributed by atoms with Crippen LogP contribution in [0.2, 0.25) is 0 Å². The summed E-state index contributed by atoms with van der Waals surface area (Å²) in [5.74, 6) is -0.608. The molecule has 1 N–H and O–H groups in total. The molecule has 1 aromatic heterocycles. The maximum Gasteiger partial charge on any atom is 0.336 e. The van der Waals surface area contributed by atoms with E-state index in [4.69, 9.17) is 16.0 Å². The Morgan fingerprint density at radius 3 is 2.65 bits per heavy atom. The highest BCUT2D eigenvalue weighted by Crippen LogP contribution is 2.34. The molecule has 20 heavy (non-hydrogen) atoms. The Bertz CT molecular complexity index is 787. The van der Waals surface area contributed by atoms with Gasteiger partial charge in [0.2, 0.25) is 0 Å². The number of fused-ring (bicyclic) bond motifs is 1. The van der Waals surface area contributed by atoms with Crippen molar-refractivity contribution in [1.29, 1.82) is 0 Å². The highest BCUT2D eigenvalue weighted by molar-refractivity contribution is 6.29. The minimum atomic E-state index is -0.564. The lowest BCUT2D eigenvalue weighted by Crippen LogP contribution is -2.04. The SMILES string of the molecule is C=C(Cl)Cc1cc2c(C)cc(=O)oc2c(C(C)=O)c1O. The molecule has 2 rings (SSSR count). The third kappa shape index (κ3) is 2.47. The maximum atomic E-state index is 11.8. The van der Waals surface area contributed by atoms with Crippen LogP contribution in [0.25, 0.3) is 11.0 Å². The van der Waals surface area contributed by atoms with Crippen molar-refractivity contribution in [2.75, 3.05) is 0 Å². The molecule has 5 heteroatoms. The fourth-order valence-electron chi connectivity index (χ4n) is 2.16. The van der Waals surface area contributed by atoms with E-state index in [0.717, 1.165) is 0 Å². The summed E-state index contributed by atoms with van der Waals surface area (Å²) in [5.41, 5.74) is 0.673. The Balaban J connectivity index is 2.94. The Labute approximate surface area is 120 Å². The number of aryl methyl sites for hydroxylation is 1. The topological polar surface area (TPSA) is 67.5 Å². The predicted octanol–water partition coefficient (Wildman–Crippen LogP) is 3.30. The molecular weight excluding hydrogens is 280 g/mol. The van der Waals surface area contributed by atoms with Crippen LogP contribution in [0.15, 0.2) is 33.0 Å². The van der Waals surface area contributed by atoms with Crippen LogP contribution in [0.3, 0.4) is 0 Å². The van der Waals surface area contributed by atoms with Crippen molar-refractivity contribution in [3.05, 3.63) is 50.9 Å². The lowest BCUT2D eigenvalue weighted by molar-refractivity contribution is 0.101. The third-order valence-corrected chi connectivity index (χ3v) is 3.16. The summed E-state index contributed by atoms with van der Waals surface area (Å²) in [4.78, 5) is 23.2. The number of phenols is 1. The first-order valence-electron chi connectivity index (χ1n) is 5.94. The van der Waals surface area contributed by atoms with Crippen LogP contribution in [0.4, 0.5) is 0 Å². The molecule has 0 aliphatic heterocycles. The molecule has 1 aromatic carbocycles. The molecule has 0 amide bonds. The van der Waals surface area contributed by atoms with Gasteiger partial charge in [0, 0.05) is 28.5 Å². The number of carbonyl (C=O) groups excluding carboxylic acids is 1. The Morgan fingerprint density at radius 1 is 1.45 bits per heavy atom. The summed E-state index contributed by atoms with van der Waals surface area (Å²) in [6.45, 7) is 6.62. The molecule has 0 bridgehead atoms. The fraction of sp³-hybridized carbons (Fsp3) is 0.200. The molecule has 0 saturated carbocycles. The smallest absolute Gasteiger partial charge is 0.336 e. The van der Waals surface area contributed by atoms with Crippen LogP contribution >= 0.6 is 11.6 Å². The number of halogens is 1. The number of allylic oxidation sites excluding steroid dienone is 1. The van der Waals surface area contributed by atoms with Gasteiger partial charge in [-0.1, -0.05) is 18.2 Å². The van der Waals surface area contributed by atoms with Gasteiger partial charge in [0.05, 0.1) is 0 Å². The average molecular weight is 293 g/mol. The van der Waals surface area contributed by atoms with Gasteiger partial charge in [-0.25, -0.2) is 4.79 Å². The lowest BCUT2D eigenvalue weighted by Gasteiger charge is -2.11.